The lowest BCUT2D eigenvalue weighted by atomic mass is 10.2. The Morgan fingerprint density at radius 2 is 1.25 bits per heavy atom. The van der Waals surface area contributed by atoms with Crippen molar-refractivity contribution >= 4 is 0 Å². The minimum absolute atomic E-state index is 0.792. The number of nitrogens with two attached hydrogens (primary N) is 2. The molecule has 0 aromatic carbocycles. The molecule has 3 heteroatoms. The number of hydrogen-bond acceptors (Lipinski definition) is 3. The normalized spacial score (nSPS) is 10.5. The van der Waals surface area contributed by atoms with E-state index in [1.807, 2.05) is 0 Å². The maximum absolute atomic E-state index is 5.38. The Bertz CT molecular complexity index is 66.2. The summed E-state index contributed by atoms with van der Waals surface area (Å²) in [7, 11) is 0. The Morgan fingerprint density at radius 1 is 0.667 bits per heavy atom. The summed E-state index contributed by atoms with van der Waals surface area (Å²) in [6.07, 6.45) is 6.10. The molecule has 0 aliphatic rings. The van der Waals surface area contributed by atoms with Gasteiger partial charge in [0.15, 0.2) is 0 Å². The van der Waals surface area contributed by atoms with Crippen LogP contribution in [-0.2, 0) is 0 Å². The predicted octanol–water partition coefficient (Wildman–Crippen LogP) is 0.444. The molecule has 0 saturated carbocycles. The molecule has 0 atom stereocenters. The van der Waals surface area contributed by atoms with Crippen molar-refractivity contribution in [3.8, 4) is 0 Å². The fourth-order valence-corrected chi connectivity index (χ4v) is 1.10. The highest BCUT2D eigenvalue weighted by Crippen LogP contribution is 1.96. The predicted molar refractivity (Wildman–Crippen MR) is 54.1 cm³/mol. The van der Waals surface area contributed by atoms with E-state index < -0.39 is 0 Å². The SMILES string of the molecule is NCCCCCCNCCCN. The smallest absolute Gasteiger partial charge is 0.00369 e. The molecule has 74 valence electrons. The molecular weight excluding hydrogens is 150 g/mol. The molecule has 5 N–H and O–H groups in total. The third-order valence-electron chi connectivity index (χ3n) is 1.87. The van der Waals surface area contributed by atoms with E-state index in [9.17, 15) is 0 Å². The third-order valence-corrected chi connectivity index (χ3v) is 1.87. The Hall–Kier alpha value is -0.120. The molecule has 0 aliphatic carbocycles. The maximum Gasteiger partial charge on any atom is -0.00369 e. The lowest BCUT2D eigenvalue weighted by molar-refractivity contribution is 0.582. The Balaban J connectivity index is 2.73. The van der Waals surface area contributed by atoms with Crippen molar-refractivity contribution in [1.29, 1.82) is 0 Å². The van der Waals surface area contributed by atoms with Crippen molar-refractivity contribution in [1.82, 2.24) is 5.32 Å². The number of hydrogen-bond donors (Lipinski definition) is 3. The van der Waals surface area contributed by atoms with Gasteiger partial charge in [-0.05, 0) is 45.4 Å². The molecule has 0 aliphatic heterocycles. The molecule has 0 aromatic heterocycles. The molecule has 12 heavy (non-hydrogen) atoms. The first kappa shape index (κ1) is 11.9. The summed E-state index contributed by atoms with van der Waals surface area (Å²) >= 11 is 0. The number of nitrogens with one attached hydrogen (secondary N) is 1. The van der Waals surface area contributed by atoms with Crippen molar-refractivity contribution in [2.45, 2.75) is 32.1 Å². The van der Waals surface area contributed by atoms with E-state index in [0.717, 1.165) is 32.6 Å². The van der Waals surface area contributed by atoms with Gasteiger partial charge >= 0.3 is 0 Å². The second-order valence-electron chi connectivity index (χ2n) is 3.10. The maximum atomic E-state index is 5.38. The first-order chi connectivity index (χ1) is 5.91. The second kappa shape index (κ2) is 10.9. The Morgan fingerprint density at radius 3 is 1.92 bits per heavy atom. The van der Waals surface area contributed by atoms with Gasteiger partial charge in [-0.2, -0.15) is 0 Å². The lowest BCUT2D eigenvalue weighted by Crippen LogP contribution is -2.19. The summed E-state index contributed by atoms with van der Waals surface area (Å²) in [6.45, 7) is 3.82. The highest BCUT2D eigenvalue weighted by Gasteiger charge is 1.88. The van der Waals surface area contributed by atoms with Crippen LogP contribution in [0.15, 0.2) is 0 Å². The topological polar surface area (TPSA) is 64.1 Å². The summed E-state index contributed by atoms with van der Waals surface area (Å²) in [6, 6.07) is 0. The zero-order valence-corrected chi connectivity index (χ0v) is 8.02. The van der Waals surface area contributed by atoms with E-state index in [-0.39, 0.29) is 0 Å². The van der Waals surface area contributed by atoms with E-state index in [4.69, 9.17) is 11.5 Å². The molecule has 0 heterocycles. The van der Waals surface area contributed by atoms with E-state index in [2.05, 4.69) is 5.32 Å². The fourth-order valence-electron chi connectivity index (χ4n) is 1.10. The minimum atomic E-state index is 0.792. The summed E-state index contributed by atoms with van der Waals surface area (Å²) in [5, 5.41) is 3.35. The molecule has 0 saturated heterocycles. The van der Waals surface area contributed by atoms with Crippen molar-refractivity contribution < 1.29 is 0 Å². The molecule has 0 amide bonds. The average molecular weight is 173 g/mol. The van der Waals surface area contributed by atoms with Gasteiger partial charge in [-0.15, -0.1) is 0 Å². The van der Waals surface area contributed by atoms with Crippen LogP contribution in [0.5, 0.6) is 0 Å². The highest BCUT2D eigenvalue weighted by molar-refractivity contribution is 4.50. The van der Waals surface area contributed by atoms with Gasteiger partial charge in [-0.25, -0.2) is 0 Å². The number of rotatable bonds is 9. The largest absolute Gasteiger partial charge is 0.330 e. The highest BCUT2D eigenvalue weighted by atomic mass is 14.8. The molecular formula is C9H23N3. The molecule has 3 nitrogen and oxygen atoms in total. The fraction of sp³-hybridized carbons (Fsp3) is 1.00. The van der Waals surface area contributed by atoms with Crippen molar-refractivity contribution in [2.75, 3.05) is 26.2 Å². The van der Waals surface area contributed by atoms with E-state index in [1.165, 1.54) is 25.7 Å². The first-order valence-corrected chi connectivity index (χ1v) is 5.02. The monoisotopic (exact) mass is 173 g/mol. The molecule has 0 unspecified atom stereocenters. The summed E-state index contributed by atoms with van der Waals surface area (Å²) in [5.41, 5.74) is 10.7. The van der Waals surface area contributed by atoms with Gasteiger partial charge in [0.2, 0.25) is 0 Å². The number of unbranched alkanes of at least 4 members (excludes halogenated alkanes) is 3. The van der Waals surface area contributed by atoms with E-state index >= 15 is 0 Å². The van der Waals surface area contributed by atoms with Crippen LogP contribution in [0.4, 0.5) is 0 Å². The zero-order chi connectivity index (χ0) is 9.07. The second-order valence-corrected chi connectivity index (χ2v) is 3.10. The average Bonchev–Trinajstić information content (AvgIpc) is 2.10. The van der Waals surface area contributed by atoms with Crippen LogP contribution in [0.25, 0.3) is 0 Å². The summed E-state index contributed by atoms with van der Waals surface area (Å²) < 4.78 is 0. The van der Waals surface area contributed by atoms with Crippen LogP contribution in [0.3, 0.4) is 0 Å². The molecule has 0 spiro atoms. The molecule has 0 bridgehead atoms. The van der Waals surface area contributed by atoms with E-state index in [0.29, 0.717) is 0 Å². The van der Waals surface area contributed by atoms with Gasteiger partial charge in [0.1, 0.15) is 0 Å². The van der Waals surface area contributed by atoms with Crippen molar-refractivity contribution in [2.24, 2.45) is 11.5 Å². The molecule has 0 fully saturated rings. The van der Waals surface area contributed by atoms with Gasteiger partial charge in [-0.3, -0.25) is 0 Å². The van der Waals surface area contributed by atoms with Gasteiger partial charge < -0.3 is 16.8 Å². The van der Waals surface area contributed by atoms with Crippen LogP contribution in [0.1, 0.15) is 32.1 Å². The summed E-state index contributed by atoms with van der Waals surface area (Å²) in [4.78, 5) is 0. The van der Waals surface area contributed by atoms with E-state index in [1.54, 1.807) is 0 Å². The lowest BCUT2D eigenvalue weighted by Gasteiger charge is -2.02. The molecule has 0 rings (SSSR count). The zero-order valence-electron chi connectivity index (χ0n) is 8.02. The van der Waals surface area contributed by atoms with Gasteiger partial charge in [0, 0.05) is 0 Å². The van der Waals surface area contributed by atoms with Crippen LogP contribution < -0.4 is 16.8 Å². The Labute approximate surface area is 75.9 Å². The van der Waals surface area contributed by atoms with Crippen LogP contribution in [-0.4, -0.2) is 26.2 Å². The van der Waals surface area contributed by atoms with Crippen LogP contribution >= 0.6 is 0 Å². The third kappa shape index (κ3) is 9.88. The minimum Gasteiger partial charge on any atom is -0.330 e. The van der Waals surface area contributed by atoms with Crippen molar-refractivity contribution in [3.63, 3.8) is 0 Å². The van der Waals surface area contributed by atoms with Crippen LogP contribution in [0.2, 0.25) is 0 Å². The van der Waals surface area contributed by atoms with Gasteiger partial charge in [0.05, 0.1) is 0 Å². The standard InChI is InChI=1S/C9H23N3/c10-6-3-1-2-4-8-12-9-5-7-11/h12H,1-11H2. The molecule has 0 radical (unpaired) electrons. The van der Waals surface area contributed by atoms with Crippen LogP contribution in [0, 0.1) is 0 Å². The Kier molecular flexibility index (Phi) is 10.8. The first-order valence-electron chi connectivity index (χ1n) is 5.02. The summed E-state index contributed by atoms with van der Waals surface area (Å²) in [5.74, 6) is 0. The van der Waals surface area contributed by atoms with Gasteiger partial charge in [0.25, 0.3) is 0 Å². The van der Waals surface area contributed by atoms with Crippen molar-refractivity contribution in [3.05, 3.63) is 0 Å². The quantitative estimate of drug-likeness (QED) is 0.443. The molecule has 0 aromatic rings. The van der Waals surface area contributed by atoms with Gasteiger partial charge in [-0.1, -0.05) is 12.8 Å².